The van der Waals surface area contributed by atoms with Gasteiger partial charge in [-0.1, -0.05) is 36.8 Å². The molecule has 7 heteroatoms. The number of aromatic nitrogens is 4. The van der Waals surface area contributed by atoms with Gasteiger partial charge in [0.15, 0.2) is 28.4 Å². The first-order valence-corrected chi connectivity index (χ1v) is 8.26. The standard InChI is InChI=1S/C15H16N4O2S/c1-2-3-8-13-16-17-15-19(13)18-14(22-15)12-9-20-10-6-4-5-7-11(10)21-12/h4-7,12H,2-3,8-9H2,1H3. The fourth-order valence-electron chi connectivity index (χ4n) is 2.43. The van der Waals surface area contributed by atoms with Crippen molar-refractivity contribution in [1.29, 1.82) is 0 Å². The van der Waals surface area contributed by atoms with Gasteiger partial charge in [-0.25, -0.2) is 0 Å². The monoisotopic (exact) mass is 316 g/mol. The Bertz CT molecular complexity index is 798. The summed E-state index contributed by atoms with van der Waals surface area (Å²) in [7, 11) is 0. The number of fused-ring (bicyclic) bond motifs is 2. The van der Waals surface area contributed by atoms with Crippen molar-refractivity contribution in [2.45, 2.75) is 32.3 Å². The molecule has 114 valence electrons. The van der Waals surface area contributed by atoms with E-state index in [1.807, 2.05) is 28.8 Å². The Balaban J connectivity index is 1.61. The summed E-state index contributed by atoms with van der Waals surface area (Å²) < 4.78 is 13.6. The average Bonchev–Trinajstić information content (AvgIpc) is 3.13. The minimum atomic E-state index is -0.194. The molecule has 1 aliphatic rings. The summed E-state index contributed by atoms with van der Waals surface area (Å²) in [5.41, 5.74) is 0. The van der Waals surface area contributed by atoms with E-state index in [4.69, 9.17) is 9.47 Å². The van der Waals surface area contributed by atoms with Crippen LogP contribution < -0.4 is 9.47 Å². The van der Waals surface area contributed by atoms with E-state index in [0.717, 1.165) is 46.6 Å². The molecule has 4 rings (SSSR count). The van der Waals surface area contributed by atoms with Crippen LogP contribution in [-0.4, -0.2) is 26.4 Å². The zero-order chi connectivity index (χ0) is 14.9. The number of hydrogen-bond donors (Lipinski definition) is 0. The zero-order valence-electron chi connectivity index (χ0n) is 12.2. The summed E-state index contributed by atoms with van der Waals surface area (Å²) in [4.78, 5) is 0.809. The molecule has 3 heterocycles. The Morgan fingerprint density at radius 2 is 2.14 bits per heavy atom. The SMILES string of the molecule is CCCCc1nnc2sc(C3COc4ccccc4O3)nn12. The third-order valence-electron chi connectivity index (χ3n) is 3.61. The molecular formula is C15H16N4O2S. The molecule has 1 atom stereocenters. The van der Waals surface area contributed by atoms with Crippen LogP contribution in [0.3, 0.4) is 0 Å². The molecule has 0 N–H and O–H groups in total. The summed E-state index contributed by atoms with van der Waals surface area (Å²) in [5.74, 6) is 2.46. The molecule has 0 aliphatic carbocycles. The summed E-state index contributed by atoms with van der Waals surface area (Å²) in [6.45, 7) is 2.63. The van der Waals surface area contributed by atoms with Gasteiger partial charge in [0.2, 0.25) is 4.96 Å². The molecule has 3 aromatic rings. The Hall–Kier alpha value is -2.15. The van der Waals surface area contributed by atoms with Crippen molar-refractivity contribution in [2.75, 3.05) is 6.61 Å². The molecule has 1 unspecified atom stereocenters. The number of nitrogens with zero attached hydrogens (tertiary/aromatic N) is 4. The lowest BCUT2D eigenvalue weighted by atomic mass is 10.2. The van der Waals surface area contributed by atoms with Crippen LogP contribution >= 0.6 is 11.3 Å². The van der Waals surface area contributed by atoms with E-state index < -0.39 is 0 Å². The summed E-state index contributed by atoms with van der Waals surface area (Å²) in [6.07, 6.45) is 2.92. The van der Waals surface area contributed by atoms with E-state index in [0.29, 0.717) is 6.61 Å². The molecule has 0 saturated heterocycles. The number of unbranched alkanes of at least 4 members (excludes halogenated alkanes) is 1. The van der Waals surface area contributed by atoms with Crippen LogP contribution in [0, 0.1) is 0 Å². The molecule has 0 fully saturated rings. The van der Waals surface area contributed by atoms with Crippen molar-refractivity contribution in [3.8, 4) is 11.5 Å². The zero-order valence-corrected chi connectivity index (χ0v) is 13.0. The maximum atomic E-state index is 6.00. The number of para-hydroxylation sites is 2. The van der Waals surface area contributed by atoms with Gasteiger partial charge < -0.3 is 9.47 Å². The van der Waals surface area contributed by atoms with Crippen molar-refractivity contribution in [2.24, 2.45) is 0 Å². The van der Waals surface area contributed by atoms with Crippen LogP contribution in [0.25, 0.3) is 4.96 Å². The van der Waals surface area contributed by atoms with Crippen molar-refractivity contribution < 1.29 is 9.47 Å². The topological polar surface area (TPSA) is 61.5 Å². The largest absolute Gasteiger partial charge is 0.485 e. The second kappa shape index (κ2) is 5.57. The first kappa shape index (κ1) is 13.5. The van der Waals surface area contributed by atoms with Crippen molar-refractivity contribution >= 4 is 16.3 Å². The predicted molar refractivity (Wildman–Crippen MR) is 82.6 cm³/mol. The molecular weight excluding hydrogens is 300 g/mol. The Morgan fingerprint density at radius 1 is 1.27 bits per heavy atom. The molecule has 1 aliphatic heterocycles. The van der Waals surface area contributed by atoms with E-state index in [-0.39, 0.29) is 6.10 Å². The third kappa shape index (κ3) is 2.31. The van der Waals surface area contributed by atoms with Crippen LogP contribution in [0.4, 0.5) is 0 Å². The second-order valence-electron chi connectivity index (χ2n) is 5.22. The highest BCUT2D eigenvalue weighted by atomic mass is 32.1. The second-order valence-corrected chi connectivity index (χ2v) is 6.21. The van der Waals surface area contributed by atoms with Gasteiger partial charge in [0.25, 0.3) is 0 Å². The number of hydrogen-bond acceptors (Lipinski definition) is 6. The van der Waals surface area contributed by atoms with Crippen molar-refractivity contribution in [1.82, 2.24) is 19.8 Å². The quantitative estimate of drug-likeness (QED) is 0.740. The maximum absolute atomic E-state index is 6.00. The van der Waals surface area contributed by atoms with Gasteiger partial charge in [0, 0.05) is 6.42 Å². The molecule has 2 aromatic heterocycles. The fraction of sp³-hybridized carbons (Fsp3) is 0.400. The fourth-order valence-corrected chi connectivity index (χ4v) is 3.31. The summed E-state index contributed by atoms with van der Waals surface area (Å²) in [5, 5.41) is 13.9. The minimum Gasteiger partial charge on any atom is -0.485 e. The average molecular weight is 316 g/mol. The van der Waals surface area contributed by atoms with Gasteiger partial charge in [-0.15, -0.1) is 10.2 Å². The lowest BCUT2D eigenvalue weighted by Gasteiger charge is -2.24. The molecule has 0 amide bonds. The first-order valence-electron chi connectivity index (χ1n) is 7.44. The van der Waals surface area contributed by atoms with Crippen LogP contribution in [0.1, 0.15) is 36.7 Å². The third-order valence-corrected chi connectivity index (χ3v) is 4.60. The normalized spacial score (nSPS) is 17.0. The van der Waals surface area contributed by atoms with Crippen LogP contribution in [-0.2, 0) is 6.42 Å². The van der Waals surface area contributed by atoms with E-state index in [2.05, 4.69) is 22.2 Å². The summed E-state index contributed by atoms with van der Waals surface area (Å²) in [6, 6.07) is 7.69. The number of ether oxygens (including phenoxy) is 2. The molecule has 22 heavy (non-hydrogen) atoms. The van der Waals surface area contributed by atoms with E-state index in [1.165, 1.54) is 11.3 Å². The van der Waals surface area contributed by atoms with Crippen LogP contribution in [0.5, 0.6) is 11.5 Å². The molecule has 0 radical (unpaired) electrons. The maximum Gasteiger partial charge on any atom is 0.234 e. The van der Waals surface area contributed by atoms with Gasteiger partial charge in [-0.05, 0) is 18.6 Å². The Labute approximate surface area is 131 Å². The van der Waals surface area contributed by atoms with Gasteiger partial charge in [-0.2, -0.15) is 9.61 Å². The van der Waals surface area contributed by atoms with Gasteiger partial charge >= 0.3 is 0 Å². The predicted octanol–water partition coefficient (Wildman–Crippen LogP) is 3.04. The lowest BCUT2D eigenvalue weighted by Crippen LogP contribution is -2.21. The molecule has 6 nitrogen and oxygen atoms in total. The highest BCUT2D eigenvalue weighted by molar-refractivity contribution is 7.16. The van der Waals surface area contributed by atoms with Crippen molar-refractivity contribution in [3.63, 3.8) is 0 Å². The molecule has 0 bridgehead atoms. The molecule has 0 saturated carbocycles. The van der Waals surface area contributed by atoms with Gasteiger partial charge in [0.05, 0.1) is 0 Å². The number of rotatable bonds is 4. The van der Waals surface area contributed by atoms with Crippen LogP contribution in [0.2, 0.25) is 0 Å². The Morgan fingerprint density at radius 3 is 3.00 bits per heavy atom. The van der Waals surface area contributed by atoms with Crippen molar-refractivity contribution in [3.05, 3.63) is 35.1 Å². The summed E-state index contributed by atoms with van der Waals surface area (Å²) >= 11 is 1.51. The molecule has 0 spiro atoms. The van der Waals surface area contributed by atoms with Crippen LogP contribution in [0.15, 0.2) is 24.3 Å². The molecule has 1 aromatic carbocycles. The number of benzene rings is 1. The first-order chi connectivity index (χ1) is 10.8. The lowest BCUT2D eigenvalue weighted by molar-refractivity contribution is 0.0904. The highest BCUT2D eigenvalue weighted by Gasteiger charge is 2.26. The van der Waals surface area contributed by atoms with E-state index in [9.17, 15) is 0 Å². The Kier molecular flexibility index (Phi) is 3.42. The van der Waals surface area contributed by atoms with Gasteiger partial charge in [0.1, 0.15) is 6.61 Å². The number of aryl methyl sites for hydroxylation is 1. The van der Waals surface area contributed by atoms with E-state index >= 15 is 0 Å². The smallest absolute Gasteiger partial charge is 0.234 e. The minimum absolute atomic E-state index is 0.194. The van der Waals surface area contributed by atoms with Gasteiger partial charge in [-0.3, -0.25) is 0 Å². The highest BCUT2D eigenvalue weighted by Crippen LogP contribution is 2.36. The van der Waals surface area contributed by atoms with E-state index in [1.54, 1.807) is 0 Å².